The maximum absolute atomic E-state index is 11.0. The summed E-state index contributed by atoms with van der Waals surface area (Å²) in [4.78, 5) is 11.0. The number of nitrogens with two attached hydrogens (primary N) is 1. The summed E-state index contributed by atoms with van der Waals surface area (Å²) in [5.74, 6) is 5.25. The van der Waals surface area contributed by atoms with E-state index in [1.165, 1.54) is 0 Å². The lowest BCUT2D eigenvalue weighted by atomic mass is 10.3. The van der Waals surface area contributed by atoms with Gasteiger partial charge in [0.15, 0.2) is 6.10 Å². The van der Waals surface area contributed by atoms with Crippen LogP contribution in [0.4, 0.5) is 0 Å². The molecule has 0 aliphatic heterocycles. The summed E-state index contributed by atoms with van der Waals surface area (Å²) in [6.45, 7) is 1.63. The SMILES string of the molecule is CC(Oc1ccccc1)C(=O)NN. The van der Waals surface area contributed by atoms with Crippen molar-refractivity contribution in [2.45, 2.75) is 13.0 Å². The van der Waals surface area contributed by atoms with Crippen LogP contribution in [0.25, 0.3) is 0 Å². The van der Waals surface area contributed by atoms with Crippen molar-refractivity contribution in [3.8, 4) is 5.75 Å². The van der Waals surface area contributed by atoms with Gasteiger partial charge in [-0.15, -0.1) is 0 Å². The Labute approximate surface area is 76.7 Å². The number of nitrogens with one attached hydrogen (secondary N) is 1. The molecule has 0 fully saturated rings. The van der Waals surface area contributed by atoms with Crippen LogP contribution >= 0.6 is 0 Å². The summed E-state index contributed by atoms with van der Waals surface area (Å²) in [7, 11) is 0. The molecule has 0 saturated heterocycles. The van der Waals surface area contributed by atoms with Crippen LogP contribution < -0.4 is 16.0 Å². The number of para-hydroxylation sites is 1. The van der Waals surface area contributed by atoms with E-state index in [2.05, 4.69) is 0 Å². The fraction of sp³-hybridized carbons (Fsp3) is 0.222. The Morgan fingerprint density at radius 1 is 1.46 bits per heavy atom. The molecule has 4 heteroatoms. The van der Waals surface area contributed by atoms with E-state index in [0.29, 0.717) is 5.75 Å². The number of hydrazine groups is 1. The smallest absolute Gasteiger partial charge is 0.274 e. The summed E-state index contributed by atoms with van der Waals surface area (Å²) in [6.07, 6.45) is -0.576. The third-order valence-corrected chi connectivity index (χ3v) is 1.57. The van der Waals surface area contributed by atoms with Crippen LogP contribution in [0.1, 0.15) is 6.92 Å². The third kappa shape index (κ3) is 2.76. The predicted octanol–water partition coefficient (Wildman–Crippen LogP) is 0.444. The van der Waals surface area contributed by atoms with E-state index in [0.717, 1.165) is 0 Å². The average molecular weight is 180 g/mol. The first-order valence-corrected chi connectivity index (χ1v) is 3.96. The Hall–Kier alpha value is -1.55. The van der Waals surface area contributed by atoms with E-state index in [-0.39, 0.29) is 5.91 Å². The number of hydrogen-bond acceptors (Lipinski definition) is 3. The molecule has 0 heterocycles. The zero-order valence-electron chi connectivity index (χ0n) is 7.36. The second-order valence-corrected chi connectivity index (χ2v) is 2.58. The van der Waals surface area contributed by atoms with Gasteiger partial charge in [-0.1, -0.05) is 18.2 Å². The van der Waals surface area contributed by atoms with Gasteiger partial charge in [-0.3, -0.25) is 10.2 Å². The van der Waals surface area contributed by atoms with E-state index in [1.807, 2.05) is 23.6 Å². The molecule has 13 heavy (non-hydrogen) atoms. The number of rotatable bonds is 3. The average Bonchev–Trinajstić information content (AvgIpc) is 2.18. The number of carbonyl (C=O) groups is 1. The molecule has 0 saturated carbocycles. The molecule has 1 atom stereocenters. The van der Waals surface area contributed by atoms with E-state index in [9.17, 15) is 4.79 Å². The minimum Gasteiger partial charge on any atom is -0.481 e. The van der Waals surface area contributed by atoms with Gasteiger partial charge in [-0.05, 0) is 19.1 Å². The van der Waals surface area contributed by atoms with Crippen molar-refractivity contribution in [3.63, 3.8) is 0 Å². The van der Waals surface area contributed by atoms with Crippen LogP contribution in [0.15, 0.2) is 30.3 Å². The molecule has 1 aromatic carbocycles. The van der Waals surface area contributed by atoms with E-state index in [4.69, 9.17) is 10.6 Å². The van der Waals surface area contributed by atoms with Gasteiger partial charge in [0.1, 0.15) is 5.75 Å². The van der Waals surface area contributed by atoms with Gasteiger partial charge in [0.2, 0.25) is 0 Å². The highest BCUT2D eigenvalue weighted by molar-refractivity contribution is 5.79. The molecular formula is C9H12N2O2. The van der Waals surface area contributed by atoms with Crippen molar-refractivity contribution in [1.29, 1.82) is 0 Å². The van der Waals surface area contributed by atoms with Crippen LogP contribution in [-0.2, 0) is 4.79 Å². The first kappa shape index (κ1) is 9.54. The normalized spacial score (nSPS) is 11.8. The van der Waals surface area contributed by atoms with Gasteiger partial charge in [-0.2, -0.15) is 0 Å². The van der Waals surface area contributed by atoms with Gasteiger partial charge in [0.25, 0.3) is 5.91 Å². The zero-order chi connectivity index (χ0) is 9.68. The maximum Gasteiger partial charge on any atom is 0.274 e. The van der Waals surface area contributed by atoms with Crippen molar-refractivity contribution in [2.24, 2.45) is 5.84 Å². The second-order valence-electron chi connectivity index (χ2n) is 2.58. The topological polar surface area (TPSA) is 64.3 Å². The molecule has 3 N–H and O–H groups in total. The zero-order valence-corrected chi connectivity index (χ0v) is 7.36. The molecule has 0 radical (unpaired) electrons. The van der Waals surface area contributed by atoms with Gasteiger partial charge < -0.3 is 4.74 Å². The van der Waals surface area contributed by atoms with Crippen LogP contribution in [0.2, 0.25) is 0 Å². The quantitative estimate of drug-likeness (QED) is 0.403. The number of hydrogen-bond donors (Lipinski definition) is 2. The molecule has 70 valence electrons. The monoisotopic (exact) mass is 180 g/mol. The molecule has 4 nitrogen and oxygen atoms in total. The lowest BCUT2D eigenvalue weighted by Crippen LogP contribution is -2.40. The highest BCUT2D eigenvalue weighted by atomic mass is 16.5. The molecular weight excluding hydrogens is 168 g/mol. The lowest BCUT2D eigenvalue weighted by molar-refractivity contribution is -0.127. The van der Waals surface area contributed by atoms with Gasteiger partial charge in [-0.25, -0.2) is 5.84 Å². The molecule has 1 rings (SSSR count). The number of benzene rings is 1. The molecule has 0 aliphatic rings. The van der Waals surface area contributed by atoms with Crippen LogP contribution in [0.5, 0.6) is 5.75 Å². The van der Waals surface area contributed by atoms with E-state index in [1.54, 1.807) is 19.1 Å². The minimum absolute atomic E-state index is 0.344. The Morgan fingerprint density at radius 3 is 2.62 bits per heavy atom. The first-order valence-electron chi connectivity index (χ1n) is 3.96. The fourth-order valence-electron chi connectivity index (χ4n) is 0.874. The molecule has 0 aliphatic carbocycles. The highest BCUT2D eigenvalue weighted by Crippen LogP contribution is 2.10. The van der Waals surface area contributed by atoms with Crippen molar-refractivity contribution in [1.82, 2.24) is 5.43 Å². The summed E-state index contributed by atoms with van der Waals surface area (Å²) in [5.41, 5.74) is 2.02. The van der Waals surface area contributed by atoms with Crippen LogP contribution in [0, 0.1) is 0 Å². The molecule has 0 spiro atoms. The maximum atomic E-state index is 11.0. The Kier molecular flexibility index (Phi) is 3.28. The molecule has 1 aromatic rings. The van der Waals surface area contributed by atoms with Gasteiger partial charge in [0, 0.05) is 0 Å². The Balaban J connectivity index is 2.55. The fourth-order valence-corrected chi connectivity index (χ4v) is 0.874. The van der Waals surface area contributed by atoms with Gasteiger partial charge in [0.05, 0.1) is 0 Å². The van der Waals surface area contributed by atoms with Crippen molar-refractivity contribution in [3.05, 3.63) is 30.3 Å². The Bertz CT molecular complexity index is 274. The second kappa shape index (κ2) is 4.47. The summed E-state index contributed by atoms with van der Waals surface area (Å²) < 4.78 is 5.27. The minimum atomic E-state index is -0.576. The molecule has 1 unspecified atom stereocenters. The largest absolute Gasteiger partial charge is 0.481 e. The summed E-state index contributed by atoms with van der Waals surface area (Å²) >= 11 is 0. The van der Waals surface area contributed by atoms with Crippen molar-refractivity contribution < 1.29 is 9.53 Å². The standard InChI is InChI=1S/C9H12N2O2/c1-7(9(12)11-10)13-8-5-3-2-4-6-8/h2-7H,10H2,1H3,(H,11,12). The third-order valence-electron chi connectivity index (χ3n) is 1.57. The lowest BCUT2D eigenvalue weighted by Gasteiger charge is -2.12. The number of ether oxygens (including phenoxy) is 1. The highest BCUT2D eigenvalue weighted by Gasteiger charge is 2.11. The van der Waals surface area contributed by atoms with E-state index >= 15 is 0 Å². The first-order chi connectivity index (χ1) is 6.24. The number of amides is 1. The molecule has 0 aromatic heterocycles. The van der Waals surface area contributed by atoms with Crippen LogP contribution in [-0.4, -0.2) is 12.0 Å². The predicted molar refractivity (Wildman–Crippen MR) is 48.9 cm³/mol. The van der Waals surface area contributed by atoms with Gasteiger partial charge >= 0.3 is 0 Å². The summed E-state index contributed by atoms with van der Waals surface area (Å²) in [5, 5.41) is 0. The van der Waals surface area contributed by atoms with Crippen molar-refractivity contribution in [2.75, 3.05) is 0 Å². The number of carbonyl (C=O) groups excluding carboxylic acids is 1. The molecule has 1 amide bonds. The summed E-state index contributed by atoms with van der Waals surface area (Å²) in [6, 6.07) is 9.10. The molecule has 0 bridgehead atoms. The van der Waals surface area contributed by atoms with Crippen molar-refractivity contribution >= 4 is 5.91 Å². The van der Waals surface area contributed by atoms with Crippen LogP contribution in [0.3, 0.4) is 0 Å². The van der Waals surface area contributed by atoms with E-state index < -0.39 is 6.10 Å². The Morgan fingerprint density at radius 2 is 2.08 bits per heavy atom.